The number of nitrogens with zero attached hydrogens (tertiary/aromatic N) is 2. The monoisotopic (exact) mass is 318 g/mol. The van der Waals surface area contributed by atoms with E-state index in [1.165, 1.54) is 11.3 Å². The molecule has 1 amide bonds. The van der Waals surface area contributed by atoms with E-state index >= 15 is 0 Å². The molecular weight excluding hydrogens is 308 g/mol. The van der Waals surface area contributed by atoms with Gasteiger partial charge in [0.1, 0.15) is 0 Å². The first-order chi connectivity index (χ1) is 8.11. The lowest BCUT2D eigenvalue weighted by atomic mass is 10.4. The molecule has 0 spiro atoms. The Hall–Kier alpha value is -0.950. The van der Waals surface area contributed by atoms with Crippen molar-refractivity contribution < 1.29 is 14.3 Å². The van der Waals surface area contributed by atoms with Crippen molar-refractivity contribution in [3.8, 4) is 0 Å². The summed E-state index contributed by atoms with van der Waals surface area (Å²) in [4.78, 5) is 28.9. The summed E-state index contributed by atoms with van der Waals surface area (Å²) in [5.41, 5.74) is 0.262. The van der Waals surface area contributed by atoms with Crippen molar-refractivity contribution in [3.05, 3.63) is 11.1 Å². The molecule has 1 saturated heterocycles. The van der Waals surface area contributed by atoms with Gasteiger partial charge >= 0.3 is 5.97 Å². The second-order valence-electron chi connectivity index (χ2n) is 3.54. The molecule has 1 fully saturated rings. The summed E-state index contributed by atoms with van der Waals surface area (Å²) in [7, 11) is 0. The standard InChI is InChI=1S/C10H11BrN2O3S/c1-2-16-9(15)7-5-17-10(12-7)13-4-6(11)3-8(13)14/h5-6H,2-4H2,1H3. The van der Waals surface area contributed by atoms with Gasteiger partial charge in [0.2, 0.25) is 5.91 Å². The molecule has 0 radical (unpaired) electrons. The van der Waals surface area contributed by atoms with Crippen LogP contribution in [-0.4, -0.2) is 34.8 Å². The van der Waals surface area contributed by atoms with Crippen LogP contribution in [0.2, 0.25) is 0 Å². The lowest BCUT2D eigenvalue weighted by Gasteiger charge is -2.10. The SMILES string of the molecule is CCOC(=O)c1csc(N2CC(Br)CC2=O)n1. The number of rotatable bonds is 3. The highest BCUT2D eigenvalue weighted by Gasteiger charge is 2.31. The van der Waals surface area contributed by atoms with E-state index in [2.05, 4.69) is 20.9 Å². The molecule has 1 aromatic heterocycles. The first kappa shape index (κ1) is 12.5. The molecular formula is C10H11BrN2O3S. The van der Waals surface area contributed by atoms with Crippen molar-refractivity contribution in [1.29, 1.82) is 0 Å². The Morgan fingerprint density at radius 3 is 3.12 bits per heavy atom. The van der Waals surface area contributed by atoms with Gasteiger partial charge in [0, 0.05) is 23.2 Å². The van der Waals surface area contributed by atoms with Gasteiger partial charge in [-0.2, -0.15) is 0 Å². The Labute approximate surface area is 111 Å². The highest BCUT2D eigenvalue weighted by atomic mass is 79.9. The number of aromatic nitrogens is 1. The molecule has 1 aliphatic heterocycles. The quantitative estimate of drug-likeness (QED) is 0.630. The Morgan fingerprint density at radius 2 is 2.53 bits per heavy atom. The van der Waals surface area contributed by atoms with Crippen LogP contribution in [0.5, 0.6) is 0 Å². The lowest BCUT2D eigenvalue weighted by molar-refractivity contribution is -0.117. The van der Waals surface area contributed by atoms with E-state index in [0.717, 1.165) is 0 Å². The number of esters is 1. The largest absolute Gasteiger partial charge is 0.461 e. The van der Waals surface area contributed by atoms with Gasteiger partial charge in [-0.15, -0.1) is 11.3 Å². The summed E-state index contributed by atoms with van der Waals surface area (Å²) >= 11 is 4.68. The normalized spacial score (nSPS) is 19.8. The van der Waals surface area contributed by atoms with Crippen molar-refractivity contribution in [3.63, 3.8) is 0 Å². The summed E-state index contributed by atoms with van der Waals surface area (Å²) in [6.07, 6.45) is 0.467. The fourth-order valence-corrected chi connectivity index (χ4v) is 2.92. The van der Waals surface area contributed by atoms with Gasteiger partial charge in [0.15, 0.2) is 10.8 Å². The van der Waals surface area contributed by atoms with Crippen LogP contribution in [0, 0.1) is 0 Å². The molecule has 1 atom stereocenters. The van der Waals surface area contributed by atoms with Gasteiger partial charge in [0.05, 0.1) is 6.61 Å². The zero-order valence-electron chi connectivity index (χ0n) is 9.18. The molecule has 1 aromatic rings. The number of alkyl halides is 1. The average Bonchev–Trinajstić information content (AvgIpc) is 2.85. The molecule has 92 valence electrons. The molecule has 0 bridgehead atoms. The molecule has 0 saturated carbocycles. The third-order valence-corrected chi connectivity index (χ3v) is 3.76. The van der Waals surface area contributed by atoms with Crippen molar-refractivity contribution in [2.45, 2.75) is 18.2 Å². The molecule has 2 rings (SSSR count). The predicted octanol–water partition coefficient (Wildman–Crippen LogP) is 1.82. The number of carbonyl (C=O) groups excluding carboxylic acids is 2. The lowest BCUT2D eigenvalue weighted by Crippen LogP contribution is -2.24. The van der Waals surface area contributed by atoms with Crippen LogP contribution in [-0.2, 0) is 9.53 Å². The van der Waals surface area contributed by atoms with E-state index in [9.17, 15) is 9.59 Å². The number of ether oxygens (including phenoxy) is 1. The number of amides is 1. The van der Waals surface area contributed by atoms with E-state index < -0.39 is 5.97 Å². The number of halogens is 1. The Balaban J connectivity index is 2.13. The summed E-state index contributed by atoms with van der Waals surface area (Å²) in [6.45, 7) is 2.65. The smallest absolute Gasteiger partial charge is 0.357 e. The molecule has 0 aliphatic carbocycles. The summed E-state index contributed by atoms with van der Waals surface area (Å²) in [5, 5.41) is 2.17. The highest BCUT2D eigenvalue weighted by Crippen LogP contribution is 2.28. The van der Waals surface area contributed by atoms with Crippen LogP contribution in [0.25, 0.3) is 0 Å². The van der Waals surface area contributed by atoms with Crippen LogP contribution in [0.4, 0.5) is 5.13 Å². The maximum absolute atomic E-state index is 11.6. The fraction of sp³-hybridized carbons (Fsp3) is 0.500. The van der Waals surface area contributed by atoms with Crippen LogP contribution in [0.15, 0.2) is 5.38 Å². The van der Waals surface area contributed by atoms with Crippen molar-refractivity contribution >= 4 is 44.3 Å². The fourth-order valence-electron chi connectivity index (χ4n) is 1.54. The molecule has 0 aromatic carbocycles. The van der Waals surface area contributed by atoms with E-state index in [4.69, 9.17) is 4.74 Å². The van der Waals surface area contributed by atoms with Crippen LogP contribution >= 0.6 is 27.3 Å². The summed E-state index contributed by atoms with van der Waals surface area (Å²) < 4.78 is 4.84. The first-order valence-corrected chi connectivity index (χ1v) is 6.98. The van der Waals surface area contributed by atoms with E-state index in [1.807, 2.05) is 0 Å². The predicted molar refractivity (Wildman–Crippen MR) is 67.8 cm³/mol. The topological polar surface area (TPSA) is 59.5 Å². The third kappa shape index (κ3) is 2.66. The Morgan fingerprint density at radius 1 is 1.76 bits per heavy atom. The molecule has 17 heavy (non-hydrogen) atoms. The second-order valence-corrected chi connectivity index (χ2v) is 5.67. The zero-order chi connectivity index (χ0) is 12.4. The average molecular weight is 319 g/mol. The van der Waals surface area contributed by atoms with Crippen molar-refractivity contribution in [1.82, 2.24) is 4.98 Å². The molecule has 7 heteroatoms. The summed E-state index contributed by atoms with van der Waals surface area (Å²) in [6, 6.07) is 0. The van der Waals surface area contributed by atoms with E-state index in [0.29, 0.717) is 24.7 Å². The van der Waals surface area contributed by atoms with Crippen LogP contribution < -0.4 is 4.90 Å². The highest BCUT2D eigenvalue weighted by molar-refractivity contribution is 9.09. The first-order valence-electron chi connectivity index (χ1n) is 5.19. The number of anilines is 1. The number of hydrogen-bond donors (Lipinski definition) is 0. The molecule has 2 heterocycles. The van der Waals surface area contributed by atoms with Crippen LogP contribution in [0.1, 0.15) is 23.8 Å². The van der Waals surface area contributed by atoms with Crippen molar-refractivity contribution in [2.24, 2.45) is 0 Å². The molecule has 5 nitrogen and oxygen atoms in total. The van der Waals surface area contributed by atoms with Gasteiger partial charge in [-0.25, -0.2) is 9.78 Å². The Kier molecular flexibility index (Phi) is 3.78. The molecule has 0 N–H and O–H groups in total. The molecule has 1 unspecified atom stereocenters. The zero-order valence-corrected chi connectivity index (χ0v) is 11.6. The van der Waals surface area contributed by atoms with Gasteiger partial charge in [0.25, 0.3) is 0 Å². The second kappa shape index (κ2) is 5.14. The van der Waals surface area contributed by atoms with Crippen molar-refractivity contribution in [2.75, 3.05) is 18.1 Å². The Bertz CT molecular complexity index is 449. The maximum atomic E-state index is 11.6. The maximum Gasteiger partial charge on any atom is 0.357 e. The third-order valence-electron chi connectivity index (χ3n) is 2.29. The van der Waals surface area contributed by atoms with Gasteiger partial charge < -0.3 is 4.74 Å². The minimum atomic E-state index is -0.447. The minimum absolute atomic E-state index is 0.0247. The summed E-state index contributed by atoms with van der Waals surface area (Å²) in [5.74, 6) is -0.423. The number of carbonyl (C=O) groups is 2. The van der Waals surface area contributed by atoms with Gasteiger partial charge in [-0.1, -0.05) is 15.9 Å². The van der Waals surface area contributed by atoms with Crippen LogP contribution in [0.3, 0.4) is 0 Å². The van der Waals surface area contributed by atoms with Gasteiger partial charge in [-0.3, -0.25) is 9.69 Å². The number of thiazole rings is 1. The van der Waals surface area contributed by atoms with E-state index in [-0.39, 0.29) is 16.4 Å². The minimum Gasteiger partial charge on any atom is -0.461 e. The van der Waals surface area contributed by atoms with Gasteiger partial charge in [-0.05, 0) is 6.92 Å². The van der Waals surface area contributed by atoms with E-state index in [1.54, 1.807) is 17.2 Å². The molecule has 1 aliphatic rings. The number of hydrogen-bond acceptors (Lipinski definition) is 5.